The predicted molar refractivity (Wildman–Crippen MR) is 92.2 cm³/mol. The van der Waals surface area contributed by atoms with Crippen molar-refractivity contribution in [1.29, 1.82) is 0 Å². The van der Waals surface area contributed by atoms with E-state index in [0.717, 1.165) is 38.3 Å². The minimum Gasteiger partial charge on any atom is -0.395 e. The molecule has 0 spiro atoms. The summed E-state index contributed by atoms with van der Waals surface area (Å²) in [6.07, 6.45) is 0. The fourth-order valence-corrected chi connectivity index (χ4v) is 2.96. The van der Waals surface area contributed by atoms with Gasteiger partial charge in [0.2, 0.25) is 5.91 Å². The maximum absolute atomic E-state index is 12.6. The maximum Gasteiger partial charge on any atom is 0.237 e. The molecule has 0 saturated carbocycles. The van der Waals surface area contributed by atoms with Gasteiger partial charge in [-0.2, -0.15) is 0 Å². The fourth-order valence-electron chi connectivity index (χ4n) is 2.96. The summed E-state index contributed by atoms with van der Waals surface area (Å²) in [5, 5.41) is 9.29. The van der Waals surface area contributed by atoms with E-state index in [-0.39, 0.29) is 12.5 Å². The summed E-state index contributed by atoms with van der Waals surface area (Å²) in [5.41, 5.74) is 2.32. The largest absolute Gasteiger partial charge is 0.395 e. The molecule has 1 aliphatic rings. The van der Waals surface area contributed by atoms with Gasteiger partial charge in [-0.05, 0) is 24.6 Å². The minimum atomic E-state index is 0.00122. The first-order valence-electron chi connectivity index (χ1n) is 8.52. The number of aryl methyl sites for hydroxylation is 1. The molecule has 1 saturated heterocycles. The van der Waals surface area contributed by atoms with Gasteiger partial charge in [0, 0.05) is 39.3 Å². The van der Waals surface area contributed by atoms with Gasteiger partial charge in [0.05, 0.1) is 13.2 Å². The average molecular weight is 319 g/mol. The van der Waals surface area contributed by atoms with E-state index in [1.807, 2.05) is 18.2 Å². The van der Waals surface area contributed by atoms with Gasteiger partial charge in [-0.25, -0.2) is 0 Å². The lowest BCUT2D eigenvalue weighted by molar-refractivity contribution is -0.134. The molecule has 1 aromatic carbocycles. The third-order valence-corrected chi connectivity index (χ3v) is 4.62. The first-order chi connectivity index (χ1) is 11.1. The van der Waals surface area contributed by atoms with Crippen molar-refractivity contribution in [3.8, 4) is 0 Å². The van der Waals surface area contributed by atoms with Gasteiger partial charge in [-0.1, -0.05) is 31.2 Å². The van der Waals surface area contributed by atoms with Crippen LogP contribution in [0.3, 0.4) is 0 Å². The van der Waals surface area contributed by atoms with E-state index in [9.17, 15) is 9.90 Å². The zero-order valence-electron chi connectivity index (χ0n) is 14.4. The van der Waals surface area contributed by atoms with E-state index < -0.39 is 0 Å². The van der Waals surface area contributed by atoms with Gasteiger partial charge in [0.25, 0.3) is 0 Å². The molecule has 128 valence electrons. The van der Waals surface area contributed by atoms with Crippen LogP contribution in [0.15, 0.2) is 24.3 Å². The van der Waals surface area contributed by atoms with Crippen molar-refractivity contribution in [1.82, 2.24) is 14.7 Å². The lowest BCUT2D eigenvalue weighted by Gasteiger charge is -2.34. The molecule has 0 unspecified atom stereocenters. The monoisotopic (exact) mass is 319 g/mol. The molecule has 1 heterocycles. The van der Waals surface area contributed by atoms with Gasteiger partial charge in [0.15, 0.2) is 0 Å². The van der Waals surface area contributed by atoms with Crippen LogP contribution in [0, 0.1) is 6.92 Å². The first-order valence-corrected chi connectivity index (χ1v) is 8.52. The molecule has 1 aromatic rings. The Kier molecular flexibility index (Phi) is 7.02. The molecule has 0 atom stereocenters. The molecule has 1 aliphatic heterocycles. The minimum absolute atomic E-state index is 0.00122. The number of carbonyl (C=O) groups excluding carboxylic acids is 1. The lowest BCUT2D eigenvalue weighted by Crippen LogP contribution is -2.50. The van der Waals surface area contributed by atoms with Gasteiger partial charge in [0.1, 0.15) is 0 Å². The molecule has 1 N–H and O–H groups in total. The lowest BCUT2D eigenvalue weighted by atomic mass is 10.1. The number of benzene rings is 1. The Bertz CT molecular complexity index is 499. The number of amides is 1. The first kappa shape index (κ1) is 17.9. The zero-order chi connectivity index (χ0) is 16.7. The van der Waals surface area contributed by atoms with Gasteiger partial charge >= 0.3 is 0 Å². The van der Waals surface area contributed by atoms with Crippen molar-refractivity contribution in [2.75, 3.05) is 52.4 Å². The van der Waals surface area contributed by atoms with Crippen molar-refractivity contribution in [3.05, 3.63) is 35.4 Å². The molecule has 23 heavy (non-hydrogen) atoms. The molecule has 0 bridgehead atoms. The van der Waals surface area contributed by atoms with Crippen molar-refractivity contribution < 1.29 is 9.90 Å². The number of aliphatic hydroxyl groups excluding tert-OH is 1. The van der Waals surface area contributed by atoms with Crippen LogP contribution < -0.4 is 0 Å². The second-order valence-electron chi connectivity index (χ2n) is 6.18. The Morgan fingerprint density at radius 1 is 1.17 bits per heavy atom. The highest BCUT2D eigenvalue weighted by Gasteiger charge is 2.21. The van der Waals surface area contributed by atoms with Crippen LogP contribution >= 0.6 is 0 Å². The van der Waals surface area contributed by atoms with E-state index in [0.29, 0.717) is 19.6 Å². The topological polar surface area (TPSA) is 47.0 Å². The number of piperazine rings is 1. The fraction of sp³-hybridized carbons (Fsp3) is 0.611. The molecule has 0 aliphatic carbocycles. The average Bonchev–Trinajstić information content (AvgIpc) is 2.57. The van der Waals surface area contributed by atoms with Crippen LogP contribution in [0.25, 0.3) is 0 Å². The molecule has 5 heteroatoms. The van der Waals surface area contributed by atoms with Crippen molar-refractivity contribution >= 4 is 5.91 Å². The maximum atomic E-state index is 12.6. The normalized spacial score (nSPS) is 16.5. The van der Waals surface area contributed by atoms with E-state index in [2.05, 4.69) is 29.7 Å². The molecule has 5 nitrogen and oxygen atoms in total. The second-order valence-corrected chi connectivity index (χ2v) is 6.18. The van der Waals surface area contributed by atoms with E-state index >= 15 is 0 Å². The Morgan fingerprint density at radius 3 is 2.43 bits per heavy atom. The number of hydrogen-bond acceptors (Lipinski definition) is 4. The molecule has 0 radical (unpaired) electrons. The van der Waals surface area contributed by atoms with E-state index in [1.54, 1.807) is 4.90 Å². The standard InChI is InChI=1S/C18H29N3O2/c1-3-19-8-10-20(11-9-19)15-18(23)21(12-13-22)14-17-7-5-4-6-16(17)2/h4-7,22H,3,8-15H2,1-2H3. The molecule has 0 aromatic heterocycles. The molecule has 1 fully saturated rings. The Balaban J connectivity index is 1.92. The number of likely N-dealkylation sites (N-methyl/N-ethyl adjacent to an activating group) is 1. The SMILES string of the molecule is CCN1CCN(CC(=O)N(CCO)Cc2ccccc2C)CC1. The van der Waals surface area contributed by atoms with Crippen molar-refractivity contribution in [3.63, 3.8) is 0 Å². The van der Waals surface area contributed by atoms with Crippen LogP contribution in [0.2, 0.25) is 0 Å². The summed E-state index contributed by atoms with van der Waals surface area (Å²) < 4.78 is 0. The number of nitrogens with zero attached hydrogens (tertiary/aromatic N) is 3. The third kappa shape index (κ3) is 5.30. The number of carbonyl (C=O) groups is 1. The summed E-state index contributed by atoms with van der Waals surface area (Å²) in [5.74, 6) is 0.104. The van der Waals surface area contributed by atoms with Gasteiger partial charge in [-0.15, -0.1) is 0 Å². The summed E-state index contributed by atoms with van der Waals surface area (Å²) in [4.78, 5) is 19.0. The molecule has 2 rings (SSSR count). The number of rotatable bonds is 7. The van der Waals surface area contributed by atoms with Gasteiger partial charge < -0.3 is 14.9 Å². The summed E-state index contributed by atoms with van der Waals surface area (Å²) in [6, 6.07) is 8.10. The van der Waals surface area contributed by atoms with Crippen molar-refractivity contribution in [2.24, 2.45) is 0 Å². The van der Waals surface area contributed by atoms with Crippen LogP contribution in [0.5, 0.6) is 0 Å². The van der Waals surface area contributed by atoms with Crippen LogP contribution in [0.1, 0.15) is 18.1 Å². The van der Waals surface area contributed by atoms with Gasteiger partial charge in [-0.3, -0.25) is 9.69 Å². The highest BCUT2D eigenvalue weighted by atomic mass is 16.3. The van der Waals surface area contributed by atoms with Crippen LogP contribution in [-0.2, 0) is 11.3 Å². The zero-order valence-corrected chi connectivity index (χ0v) is 14.4. The third-order valence-electron chi connectivity index (χ3n) is 4.62. The van der Waals surface area contributed by atoms with E-state index in [1.165, 1.54) is 5.56 Å². The summed E-state index contributed by atoms with van der Waals surface area (Å²) >= 11 is 0. The van der Waals surface area contributed by atoms with Crippen molar-refractivity contribution in [2.45, 2.75) is 20.4 Å². The van der Waals surface area contributed by atoms with Crippen LogP contribution in [-0.4, -0.2) is 78.1 Å². The molecular weight excluding hydrogens is 290 g/mol. The Morgan fingerprint density at radius 2 is 1.83 bits per heavy atom. The number of aliphatic hydroxyl groups is 1. The summed E-state index contributed by atoms with van der Waals surface area (Å²) in [7, 11) is 0. The highest BCUT2D eigenvalue weighted by molar-refractivity contribution is 5.78. The smallest absolute Gasteiger partial charge is 0.237 e. The Hall–Kier alpha value is -1.43. The summed E-state index contributed by atoms with van der Waals surface area (Å²) in [6.45, 7) is 10.7. The highest BCUT2D eigenvalue weighted by Crippen LogP contribution is 2.11. The second kappa shape index (κ2) is 9.01. The predicted octanol–water partition coefficient (Wildman–Crippen LogP) is 0.953. The van der Waals surface area contributed by atoms with Crippen LogP contribution in [0.4, 0.5) is 0 Å². The quantitative estimate of drug-likeness (QED) is 0.813. The Labute approximate surface area is 139 Å². The number of hydrogen-bond donors (Lipinski definition) is 1. The van der Waals surface area contributed by atoms with E-state index in [4.69, 9.17) is 0 Å². The molecule has 1 amide bonds. The molecular formula is C18H29N3O2.